The van der Waals surface area contributed by atoms with Gasteiger partial charge in [-0.05, 0) is 17.9 Å². The third-order valence-electron chi connectivity index (χ3n) is 2.05. The highest BCUT2D eigenvalue weighted by molar-refractivity contribution is 8.13. The smallest absolute Gasteiger partial charge is 0.267 e. The first-order chi connectivity index (χ1) is 6.31. The van der Waals surface area contributed by atoms with Crippen LogP contribution in [-0.2, 0) is 6.42 Å². The fourth-order valence-electron chi connectivity index (χ4n) is 1.38. The summed E-state index contributed by atoms with van der Waals surface area (Å²) >= 11 is 1.54. The van der Waals surface area contributed by atoms with Gasteiger partial charge in [0.25, 0.3) is 5.91 Å². The highest BCUT2D eigenvalue weighted by Gasteiger charge is 2.17. The molecule has 0 spiro atoms. The van der Waals surface area contributed by atoms with Crippen LogP contribution in [0.1, 0.15) is 15.9 Å². The van der Waals surface area contributed by atoms with Crippen molar-refractivity contribution in [2.45, 2.75) is 6.42 Å². The SMILES string of the molecule is CSC1=NC(=O)c2ccccc2C1. The Morgan fingerprint density at radius 2 is 2.15 bits per heavy atom. The summed E-state index contributed by atoms with van der Waals surface area (Å²) in [5.41, 5.74) is 1.84. The van der Waals surface area contributed by atoms with Gasteiger partial charge in [0.1, 0.15) is 0 Å². The molecule has 2 nitrogen and oxygen atoms in total. The molecule has 0 unspecified atom stereocenters. The lowest BCUT2D eigenvalue weighted by atomic mass is 10.0. The van der Waals surface area contributed by atoms with Crippen molar-refractivity contribution in [3.05, 3.63) is 35.4 Å². The Kier molecular flexibility index (Phi) is 2.19. The van der Waals surface area contributed by atoms with Gasteiger partial charge < -0.3 is 0 Å². The number of fused-ring (bicyclic) bond motifs is 1. The molecular formula is C10H9NOS. The van der Waals surface area contributed by atoms with E-state index in [1.54, 1.807) is 11.8 Å². The molecule has 0 atom stereocenters. The highest BCUT2D eigenvalue weighted by Crippen LogP contribution is 2.19. The van der Waals surface area contributed by atoms with Crippen LogP contribution in [0.2, 0.25) is 0 Å². The van der Waals surface area contributed by atoms with E-state index in [1.807, 2.05) is 30.5 Å². The molecule has 1 aliphatic rings. The van der Waals surface area contributed by atoms with E-state index in [2.05, 4.69) is 4.99 Å². The lowest BCUT2D eigenvalue weighted by molar-refractivity contribution is 0.100. The zero-order valence-electron chi connectivity index (χ0n) is 7.28. The molecule has 1 aliphatic heterocycles. The summed E-state index contributed by atoms with van der Waals surface area (Å²) in [5, 5.41) is 0.906. The van der Waals surface area contributed by atoms with Crippen LogP contribution in [0.3, 0.4) is 0 Å². The van der Waals surface area contributed by atoms with Gasteiger partial charge in [-0.3, -0.25) is 4.79 Å². The summed E-state index contributed by atoms with van der Waals surface area (Å²) < 4.78 is 0. The molecule has 1 aromatic carbocycles. The number of rotatable bonds is 0. The predicted octanol–water partition coefficient (Wildman–Crippen LogP) is 2.14. The summed E-state index contributed by atoms with van der Waals surface area (Å²) in [6.07, 6.45) is 2.74. The van der Waals surface area contributed by atoms with Crippen LogP contribution in [-0.4, -0.2) is 17.2 Å². The third kappa shape index (κ3) is 1.52. The van der Waals surface area contributed by atoms with E-state index in [4.69, 9.17) is 0 Å². The molecule has 0 aliphatic carbocycles. The molecule has 1 aromatic rings. The monoisotopic (exact) mass is 191 g/mol. The molecule has 3 heteroatoms. The summed E-state index contributed by atoms with van der Waals surface area (Å²) in [6.45, 7) is 0. The number of benzene rings is 1. The van der Waals surface area contributed by atoms with E-state index in [0.717, 1.165) is 22.6 Å². The molecule has 1 heterocycles. The number of hydrogen-bond acceptors (Lipinski definition) is 2. The molecule has 66 valence electrons. The zero-order chi connectivity index (χ0) is 9.26. The predicted molar refractivity (Wildman–Crippen MR) is 55.4 cm³/mol. The Bertz CT molecular complexity index is 384. The zero-order valence-corrected chi connectivity index (χ0v) is 8.10. The van der Waals surface area contributed by atoms with Crippen molar-refractivity contribution in [2.24, 2.45) is 4.99 Å². The van der Waals surface area contributed by atoms with Crippen LogP contribution in [0.4, 0.5) is 0 Å². The lowest BCUT2D eigenvalue weighted by Crippen LogP contribution is -2.13. The lowest BCUT2D eigenvalue weighted by Gasteiger charge is -2.12. The maximum absolute atomic E-state index is 11.5. The Balaban J connectivity index is 2.46. The molecule has 13 heavy (non-hydrogen) atoms. The Hall–Kier alpha value is -1.09. The number of amides is 1. The van der Waals surface area contributed by atoms with Crippen LogP contribution >= 0.6 is 11.8 Å². The standard InChI is InChI=1S/C10H9NOS/c1-13-9-6-7-4-2-3-5-8(7)10(12)11-9/h2-5H,6H2,1H3. The van der Waals surface area contributed by atoms with Crippen LogP contribution in [0.15, 0.2) is 29.3 Å². The number of aliphatic imine (C=N–C) groups is 1. The van der Waals surface area contributed by atoms with Crippen LogP contribution in [0, 0.1) is 0 Å². The van der Waals surface area contributed by atoms with E-state index < -0.39 is 0 Å². The average Bonchev–Trinajstić information content (AvgIpc) is 2.18. The van der Waals surface area contributed by atoms with Gasteiger partial charge in [0.2, 0.25) is 0 Å². The van der Waals surface area contributed by atoms with E-state index >= 15 is 0 Å². The molecular weight excluding hydrogens is 182 g/mol. The molecule has 0 saturated heterocycles. The molecule has 0 bridgehead atoms. The fourth-order valence-corrected chi connectivity index (χ4v) is 1.85. The molecule has 0 saturated carbocycles. The van der Waals surface area contributed by atoms with Crippen molar-refractivity contribution in [1.82, 2.24) is 0 Å². The first kappa shape index (κ1) is 8.51. The second kappa shape index (κ2) is 3.34. The second-order valence-corrected chi connectivity index (χ2v) is 3.73. The van der Waals surface area contributed by atoms with Gasteiger partial charge in [-0.1, -0.05) is 18.2 Å². The Morgan fingerprint density at radius 3 is 2.92 bits per heavy atom. The normalized spacial score (nSPS) is 15.2. The number of carbonyl (C=O) groups is 1. The van der Waals surface area contributed by atoms with Gasteiger partial charge in [-0.15, -0.1) is 11.8 Å². The Morgan fingerprint density at radius 1 is 1.38 bits per heavy atom. The first-order valence-electron chi connectivity index (χ1n) is 4.05. The van der Waals surface area contributed by atoms with Gasteiger partial charge in [0.05, 0.1) is 5.04 Å². The van der Waals surface area contributed by atoms with Crippen LogP contribution < -0.4 is 0 Å². The first-order valence-corrected chi connectivity index (χ1v) is 5.27. The minimum atomic E-state index is -0.105. The van der Waals surface area contributed by atoms with Gasteiger partial charge in [-0.25, -0.2) is 4.99 Å². The van der Waals surface area contributed by atoms with Gasteiger partial charge in [-0.2, -0.15) is 0 Å². The van der Waals surface area contributed by atoms with Crippen molar-refractivity contribution in [3.8, 4) is 0 Å². The summed E-state index contributed by atoms with van der Waals surface area (Å²) in [5.74, 6) is -0.105. The van der Waals surface area contributed by atoms with E-state index in [0.29, 0.717) is 0 Å². The number of nitrogens with zero attached hydrogens (tertiary/aromatic N) is 1. The molecule has 2 rings (SSSR count). The van der Waals surface area contributed by atoms with Crippen LogP contribution in [0.25, 0.3) is 0 Å². The van der Waals surface area contributed by atoms with Crippen molar-refractivity contribution in [3.63, 3.8) is 0 Å². The third-order valence-corrected chi connectivity index (χ3v) is 2.76. The van der Waals surface area contributed by atoms with Gasteiger partial charge in [0.15, 0.2) is 0 Å². The summed E-state index contributed by atoms with van der Waals surface area (Å²) in [7, 11) is 0. The highest BCUT2D eigenvalue weighted by atomic mass is 32.2. The minimum Gasteiger partial charge on any atom is -0.267 e. The molecule has 0 radical (unpaired) electrons. The number of thioether (sulfide) groups is 1. The topological polar surface area (TPSA) is 29.4 Å². The molecule has 1 amide bonds. The van der Waals surface area contributed by atoms with Crippen molar-refractivity contribution < 1.29 is 4.79 Å². The van der Waals surface area contributed by atoms with Crippen molar-refractivity contribution in [1.29, 1.82) is 0 Å². The minimum absolute atomic E-state index is 0.105. The maximum Gasteiger partial charge on any atom is 0.278 e. The maximum atomic E-state index is 11.5. The number of carbonyl (C=O) groups excluding carboxylic acids is 1. The largest absolute Gasteiger partial charge is 0.278 e. The van der Waals surface area contributed by atoms with E-state index in [-0.39, 0.29) is 5.91 Å². The van der Waals surface area contributed by atoms with Crippen molar-refractivity contribution >= 4 is 22.7 Å². The second-order valence-electron chi connectivity index (χ2n) is 2.85. The van der Waals surface area contributed by atoms with E-state index in [9.17, 15) is 4.79 Å². The van der Waals surface area contributed by atoms with Gasteiger partial charge >= 0.3 is 0 Å². The fraction of sp³-hybridized carbons (Fsp3) is 0.200. The average molecular weight is 191 g/mol. The van der Waals surface area contributed by atoms with E-state index in [1.165, 1.54) is 0 Å². The van der Waals surface area contributed by atoms with Crippen LogP contribution in [0.5, 0.6) is 0 Å². The summed E-state index contributed by atoms with van der Waals surface area (Å²) in [6, 6.07) is 7.64. The number of hydrogen-bond donors (Lipinski definition) is 0. The molecule has 0 fully saturated rings. The van der Waals surface area contributed by atoms with Crippen molar-refractivity contribution in [2.75, 3.05) is 6.26 Å². The summed E-state index contributed by atoms with van der Waals surface area (Å²) in [4.78, 5) is 15.4. The molecule has 0 aromatic heterocycles. The Labute approximate surface area is 81.1 Å². The van der Waals surface area contributed by atoms with Gasteiger partial charge in [0, 0.05) is 12.0 Å². The molecule has 0 N–H and O–H groups in total. The quantitative estimate of drug-likeness (QED) is 0.628.